The Labute approximate surface area is 181 Å². The van der Waals surface area contributed by atoms with Crippen LogP contribution in [-0.2, 0) is 22.6 Å². The fourth-order valence-corrected chi connectivity index (χ4v) is 2.78. The van der Waals surface area contributed by atoms with Crippen molar-refractivity contribution in [2.75, 3.05) is 26.3 Å². The van der Waals surface area contributed by atoms with Crippen LogP contribution in [0.4, 0.5) is 13.2 Å². The first-order chi connectivity index (χ1) is 12.8. The van der Waals surface area contributed by atoms with E-state index < -0.39 is 12.8 Å². The van der Waals surface area contributed by atoms with E-state index in [0.717, 1.165) is 31.6 Å². The van der Waals surface area contributed by atoms with Crippen LogP contribution in [0.5, 0.6) is 0 Å². The number of guanidine groups is 1. The van der Waals surface area contributed by atoms with Gasteiger partial charge >= 0.3 is 6.18 Å². The monoisotopic (exact) mass is 515 g/mol. The lowest BCUT2D eigenvalue weighted by atomic mass is 10.0. The number of rotatable bonds is 8. The van der Waals surface area contributed by atoms with E-state index in [1.54, 1.807) is 12.1 Å². The van der Waals surface area contributed by atoms with Crippen molar-refractivity contribution >= 4 is 29.9 Å². The second kappa shape index (κ2) is 11.8. The number of hydrogen-bond donors (Lipinski definition) is 2. The van der Waals surface area contributed by atoms with Crippen molar-refractivity contribution in [2.45, 2.75) is 51.6 Å². The first-order valence-electron chi connectivity index (χ1n) is 9.18. The van der Waals surface area contributed by atoms with Gasteiger partial charge in [-0.2, -0.15) is 13.2 Å². The third-order valence-electron chi connectivity index (χ3n) is 4.25. The second-order valence-corrected chi connectivity index (χ2v) is 6.88. The van der Waals surface area contributed by atoms with Gasteiger partial charge in [-0.25, -0.2) is 4.99 Å². The van der Waals surface area contributed by atoms with Crippen LogP contribution < -0.4 is 10.6 Å². The summed E-state index contributed by atoms with van der Waals surface area (Å²) < 4.78 is 46.7. The van der Waals surface area contributed by atoms with Crippen molar-refractivity contribution in [3.63, 3.8) is 0 Å². The molecule has 0 saturated carbocycles. The predicted octanol–water partition coefficient (Wildman–Crippen LogP) is 4.01. The number of aliphatic imine (C=N–C) groups is 1. The Morgan fingerprint density at radius 1 is 1.21 bits per heavy atom. The zero-order valence-corrected chi connectivity index (χ0v) is 18.6. The van der Waals surface area contributed by atoms with Gasteiger partial charge in [0, 0.05) is 19.7 Å². The van der Waals surface area contributed by atoms with Gasteiger partial charge in [0.05, 0.1) is 18.8 Å². The molecule has 0 bridgehead atoms. The van der Waals surface area contributed by atoms with Crippen LogP contribution in [0.3, 0.4) is 0 Å². The fraction of sp³-hybridized carbons (Fsp3) is 0.632. The molecule has 1 fully saturated rings. The Bertz CT molecular complexity index is 603. The molecular weight excluding hydrogens is 486 g/mol. The molecule has 2 rings (SSSR count). The van der Waals surface area contributed by atoms with Gasteiger partial charge in [-0.1, -0.05) is 24.3 Å². The quantitative estimate of drug-likeness (QED) is 0.312. The smallest absolute Gasteiger partial charge is 0.373 e. The highest BCUT2D eigenvalue weighted by Gasteiger charge is 2.29. The molecule has 0 radical (unpaired) electrons. The summed E-state index contributed by atoms with van der Waals surface area (Å²) in [6, 6.07) is 7.21. The molecule has 1 saturated heterocycles. The molecule has 28 heavy (non-hydrogen) atoms. The van der Waals surface area contributed by atoms with Crippen molar-refractivity contribution in [3.05, 3.63) is 35.4 Å². The fourth-order valence-electron chi connectivity index (χ4n) is 2.78. The van der Waals surface area contributed by atoms with Crippen molar-refractivity contribution in [1.82, 2.24) is 10.6 Å². The van der Waals surface area contributed by atoms with E-state index in [1.807, 2.05) is 19.1 Å². The number of ether oxygens (including phenoxy) is 2. The molecule has 1 atom stereocenters. The van der Waals surface area contributed by atoms with E-state index in [4.69, 9.17) is 4.74 Å². The zero-order chi connectivity index (χ0) is 19.8. The van der Waals surface area contributed by atoms with Gasteiger partial charge in [-0.05, 0) is 37.8 Å². The molecule has 1 aliphatic rings. The number of benzene rings is 1. The van der Waals surface area contributed by atoms with E-state index in [1.165, 1.54) is 0 Å². The van der Waals surface area contributed by atoms with Crippen LogP contribution in [0.25, 0.3) is 0 Å². The topological polar surface area (TPSA) is 54.9 Å². The SMILES string of the molecule is CCNC(=NCc1ccc(COCC(F)(F)F)cc1)NCC1(C)CCCO1.I. The molecule has 0 amide bonds. The van der Waals surface area contributed by atoms with Gasteiger partial charge < -0.3 is 20.1 Å². The van der Waals surface area contributed by atoms with E-state index in [-0.39, 0.29) is 36.2 Å². The van der Waals surface area contributed by atoms with Crippen molar-refractivity contribution in [3.8, 4) is 0 Å². The summed E-state index contributed by atoms with van der Waals surface area (Å²) in [7, 11) is 0. The molecule has 1 unspecified atom stereocenters. The van der Waals surface area contributed by atoms with Gasteiger partial charge in [0.2, 0.25) is 0 Å². The lowest BCUT2D eigenvalue weighted by molar-refractivity contribution is -0.176. The zero-order valence-electron chi connectivity index (χ0n) is 16.3. The maximum absolute atomic E-state index is 12.1. The van der Waals surface area contributed by atoms with Gasteiger partial charge in [0.15, 0.2) is 5.96 Å². The molecule has 2 N–H and O–H groups in total. The number of alkyl halides is 3. The van der Waals surface area contributed by atoms with Crippen molar-refractivity contribution < 1.29 is 22.6 Å². The standard InChI is InChI=1S/C19H28F3N3O2.HI/c1-3-23-17(25-13-18(2)9-4-10-27-18)24-11-15-5-7-16(8-6-15)12-26-14-19(20,21)22;/h5-8H,3-4,9-14H2,1-2H3,(H2,23,24,25);1H. The van der Waals surface area contributed by atoms with Crippen LogP contribution >= 0.6 is 24.0 Å². The number of nitrogens with one attached hydrogen (secondary N) is 2. The molecule has 1 aliphatic heterocycles. The maximum Gasteiger partial charge on any atom is 0.411 e. The third kappa shape index (κ3) is 9.42. The summed E-state index contributed by atoms with van der Waals surface area (Å²) in [5.41, 5.74) is 1.51. The van der Waals surface area contributed by atoms with Gasteiger partial charge in [-0.15, -0.1) is 24.0 Å². The summed E-state index contributed by atoms with van der Waals surface area (Å²) in [5.74, 6) is 0.715. The minimum atomic E-state index is -4.30. The molecule has 1 aromatic rings. The third-order valence-corrected chi connectivity index (χ3v) is 4.25. The molecule has 5 nitrogen and oxygen atoms in total. The van der Waals surface area contributed by atoms with Gasteiger partial charge in [0.1, 0.15) is 6.61 Å². The van der Waals surface area contributed by atoms with E-state index in [2.05, 4.69) is 27.3 Å². The lowest BCUT2D eigenvalue weighted by Gasteiger charge is -2.24. The van der Waals surface area contributed by atoms with Crippen LogP contribution in [0.15, 0.2) is 29.3 Å². The molecule has 0 aliphatic carbocycles. The van der Waals surface area contributed by atoms with Crippen LogP contribution in [0.2, 0.25) is 0 Å². The minimum Gasteiger partial charge on any atom is -0.373 e. The first-order valence-corrected chi connectivity index (χ1v) is 9.18. The Morgan fingerprint density at radius 2 is 1.89 bits per heavy atom. The largest absolute Gasteiger partial charge is 0.411 e. The summed E-state index contributed by atoms with van der Waals surface area (Å²) in [5, 5.41) is 6.52. The molecule has 1 aromatic carbocycles. The lowest BCUT2D eigenvalue weighted by Crippen LogP contribution is -2.45. The van der Waals surface area contributed by atoms with Crippen LogP contribution in [0, 0.1) is 0 Å². The Hall–Kier alpha value is -1.07. The Balaban J connectivity index is 0.00000392. The average Bonchev–Trinajstić information content (AvgIpc) is 3.04. The highest BCUT2D eigenvalue weighted by molar-refractivity contribution is 14.0. The number of halogens is 4. The summed E-state index contributed by atoms with van der Waals surface area (Å²) in [4.78, 5) is 4.56. The molecular formula is C19H29F3IN3O2. The molecule has 9 heteroatoms. The molecule has 0 aromatic heterocycles. The number of nitrogens with zero attached hydrogens (tertiary/aromatic N) is 1. The summed E-state index contributed by atoms with van der Waals surface area (Å²) in [6.45, 7) is 5.50. The number of hydrogen-bond acceptors (Lipinski definition) is 3. The highest BCUT2D eigenvalue weighted by Crippen LogP contribution is 2.23. The summed E-state index contributed by atoms with van der Waals surface area (Å²) in [6.07, 6.45) is -2.20. The maximum atomic E-state index is 12.1. The van der Waals surface area contributed by atoms with Crippen molar-refractivity contribution in [1.29, 1.82) is 0 Å². The van der Waals surface area contributed by atoms with E-state index in [0.29, 0.717) is 24.6 Å². The molecule has 160 valence electrons. The van der Waals surface area contributed by atoms with Gasteiger partial charge in [0.25, 0.3) is 0 Å². The van der Waals surface area contributed by atoms with Gasteiger partial charge in [-0.3, -0.25) is 0 Å². The predicted molar refractivity (Wildman–Crippen MR) is 114 cm³/mol. The van der Waals surface area contributed by atoms with Crippen molar-refractivity contribution in [2.24, 2.45) is 4.99 Å². The van der Waals surface area contributed by atoms with E-state index in [9.17, 15) is 13.2 Å². The first kappa shape index (κ1) is 25.0. The summed E-state index contributed by atoms with van der Waals surface area (Å²) >= 11 is 0. The van der Waals surface area contributed by atoms with E-state index >= 15 is 0 Å². The average molecular weight is 515 g/mol. The van der Waals surface area contributed by atoms with Crippen LogP contribution in [0.1, 0.15) is 37.8 Å². The van der Waals surface area contributed by atoms with Crippen LogP contribution in [-0.4, -0.2) is 44.0 Å². The Kier molecular flexibility index (Phi) is 10.5. The molecule has 0 spiro atoms. The normalized spacial score (nSPS) is 20.0. The molecule has 1 heterocycles. The minimum absolute atomic E-state index is 0. The Morgan fingerprint density at radius 3 is 2.46 bits per heavy atom. The highest BCUT2D eigenvalue weighted by atomic mass is 127. The second-order valence-electron chi connectivity index (χ2n) is 6.88.